The van der Waals surface area contributed by atoms with E-state index in [1.165, 1.54) is 55.7 Å². The third-order valence-electron chi connectivity index (χ3n) is 5.02. The van der Waals surface area contributed by atoms with Gasteiger partial charge in [0.25, 0.3) is 0 Å². The average molecular weight is 650 g/mol. The molecule has 0 heterocycles. The van der Waals surface area contributed by atoms with Gasteiger partial charge in [0.15, 0.2) is 0 Å². The van der Waals surface area contributed by atoms with E-state index < -0.39 is 0 Å². The van der Waals surface area contributed by atoms with Crippen molar-refractivity contribution in [3.8, 4) is 0 Å². The molecule has 0 unspecified atom stereocenters. The molecular weight excluding hydrogens is 614 g/mol. The van der Waals surface area contributed by atoms with E-state index in [0.717, 1.165) is 6.42 Å². The van der Waals surface area contributed by atoms with E-state index in [1.54, 1.807) is 0 Å². The molecule has 0 amide bonds. The molecule has 0 N–H and O–H groups in total. The Kier molecular flexibility index (Phi) is 13.1. The van der Waals surface area contributed by atoms with Gasteiger partial charge in [0.2, 0.25) is 0 Å². The molecule has 0 spiro atoms. The van der Waals surface area contributed by atoms with Crippen molar-refractivity contribution >= 4 is 27.0 Å². The Hall–Kier alpha value is -0.543. The smallest absolute Gasteiger partial charge is 0.109 e. The number of hydrogen-bond acceptors (Lipinski definition) is 0. The SMILES string of the molecule is CC(C)(C)c1ccc2c(c1)[cH-]c1cc(C(C)(C)C)ccc12.C[Si](C)=[Hf+2].[C-]1=CC=CC1.[Cl-].[Cl-]. The van der Waals surface area contributed by atoms with Crippen molar-refractivity contribution in [1.29, 1.82) is 0 Å². The van der Waals surface area contributed by atoms with Gasteiger partial charge in [0, 0.05) is 0 Å². The first-order chi connectivity index (χ1) is 13.9. The fourth-order valence-corrected chi connectivity index (χ4v) is 3.30. The molecule has 0 aliphatic heterocycles. The van der Waals surface area contributed by atoms with Crippen LogP contribution in [0.15, 0.2) is 60.7 Å². The quantitative estimate of drug-likeness (QED) is 0.260. The predicted molar refractivity (Wildman–Crippen MR) is 133 cm³/mol. The second-order valence-corrected chi connectivity index (χ2v) is 23.0. The van der Waals surface area contributed by atoms with Crippen molar-refractivity contribution in [2.45, 2.75) is 71.9 Å². The standard InChI is InChI=1S/C21H25.C5H5.C2H6Si.2ClH.Hf/c1-20(2,3)16-7-9-18-14(12-16)11-15-13-17(21(4,5)6)8-10-19(15)18;1-2-4-5-3-1;1-3-2;;;/h7-13H,1-6H3;1-3H,4H2;1-2H3;2*1H;/q2*-1;;;;+2/p-2. The van der Waals surface area contributed by atoms with Crippen molar-refractivity contribution in [3.05, 3.63) is 77.9 Å². The van der Waals surface area contributed by atoms with Crippen LogP contribution in [0.1, 0.15) is 59.1 Å². The average Bonchev–Trinajstić information content (AvgIpc) is 3.30. The first-order valence-electron chi connectivity index (χ1n) is 10.8. The monoisotopic (exact) mass is 650 g/mol. The van der Waals surface area contributed by atoms with E-state index >= 15 is 0 Å². The van der Waals surface area contributed by atoms with Gasteiger partial charge in [-0.15, -0.1) is 46.2 Å². The largest absolute Gasteiger partial charge is 1.00 e. The molecule has 1 aliphatic carbocycles. The number of rotatable bonds is 0. The van der Waals surface area contributed by atoms with Crippen LogP contribution in [0.5, 0.6) is 0 Å². The fraction of sp³-hybridized carbons (Fsp3) is 0.393. The van der Waals surface area contributed by atoms with Crippen LogP contribution >= 0.6 is 0 Å². The minimum Gasteiger partial charge on any atom is -1.00 e. The van der Waals surface area contributed by atoms with E-state index in [0.29, 0.717) is 0 Å². The minimum absolute atomic E-state index is 0. The molecule has 0 bridgehead atoms. The van der Waals surface area contributed by atoms with E-state index in [4.69, 9.17) is 0 Å². The maximum Gasteiger partial charge on any atom is -0.109 e. The Morgan fingerprint density at radius 2 is 1.22 bits per heavy atom. The topological polar surface area (TPSA) is 0 Å². The molecule has 172 valence electrons. The van der Waals surface area contributed by atoms with Crippen LogP contribution < -0.4 is 24.8 Å². The van der Waals surface area contributed by atoms with Gasteiger partial charge < -0.3 is 24.8 Å². The molecule has 0 radical (unpaired) electrons. The van der Waals surface area contributed by atoms with Crippen molar-refractivity contribution in [3.63, 3.8) is 0 Å². The van der Waals surface area contributed by atoms with Crippen LogP contribution in [0.2, 0.25) is 13.1 Å². The minimum atomic E-state index is 0. The van der Waals surface area contributed by atoms with Gasteiger partial charge in [-0.2, -0.15) is 6.08 Å². The molecule has 4 heteroatoms. The van der Waals surface area contributed by atoms with Crippen LogP contribution in [-0.4, -0.2) is 5.49 Å². The fourth-order valence-electron chi connectivity index (χ4n) is 3.30. The van der Waals surface area contributed by atoms with Gasteiger partial charge in [-0.3, -0.25) is 6.08 Å². The molecule has 0 fully saturated rings. The van der Waals surface area contributed by atoms with Crippen molar-refractivity contribution in [2.75, 3.05) is 0 Å². The molecule has 4 rings (SSSR count). The summed E-state index contributed by atoms with van der Waals surface area (Å²) in [6.45, 7) is 18.3. The summed E-state index contributed by atoms with van der Waals surface area (Å²) in [6.07, 6.45) is 10.0. The van der Waals surface area contributed by atoms with Crippen LogP contribution in [0, 0.1) is 6.08 Å². The van der Waals surface area contributed by atoms with E-state index in [9.17, 15) is 0 Å². The van der Waals surface area contributed by atoms with Crippen LogP contribution in [0.3, 0.4) is 0 Å². The Morgan fingerprint density at radius 1 is 0.812 bits per heavy atom. The first kappa shape index (κ1) is 31.5. The molecule has 32 heavy (non-hydrogen) atoms. The Bertz CT molecular complexity index is 994. The van der Waals surface area contributed by atoms with E-state index in [1.807, 2.05) is 12.2 Å². The van der Waals surface area contributed by atoms with Gasteiger partial charge in [0.05, 0.1) is 0 Å². The van der Waals surface area contributed by atoms with Crippen LogP contribution in [0.4, 0.5) is 0 Å². The number of halogens is 2. The van der Waals surface area contributed by atoms with Crippen LogP contribution in [-0.2, 0) is 33.8 Å². The zero-order valence-corrected chi connectivity index (χ0v) is 26.8. The Balaban J connectivity index is 0.000000739. The van der Waals surface area contributed by atoms with Crippen molar-refractivity contribution in [1.82, 2.24) is 0 Å². The first-order valence-corrected chi connectivity index (χ1v) is 18.7. The summed E-state index contributed by atoms with van der Waals surface area (Å²) in [7, 11) is 0. The number of hydrogen-bond donors (Lipinski definition) is 0. The number of fused-ring (bicyclic) bond motifs is 3. The molecular formula is C28H36Cl2HfSi-2. The summed E-state index contributed by atoms with van der Waals surface area (Å²) in [5.41, 5.74) is 3.47. The van der Waals surface area contributed by atoms with Gasteiger partial charge in [0.1, 0.15) is 0 Å². The molecule has 0 aromatic heterocycles. The molecule has 0 atom stereocenters. The molecule has 0 saturated carbocycles. The summed E-state index contributed by atoms with van der Waals surface area (Å²) in [4.78, 5) is 0. The third-order valence-corrected chi connectivity index (χ3v) is 5.02. The third kappa shape index (κ3) is 9.37. The van der Waals surface area contributed by atoms with Crippen molar-refractivity contribution < 1.29 is 47.8 Å². The van der Waals surface area contributed by atoms with Crippen LogP contribution in [0.25, 0.3) is 21.5 Å². The zero-order chi connectivity index (χ0) is 22.5. The normalized spacial score (nSPS) is 12.3. The van der Waals surface area contributed by atoms with Crippen molar-refractivity contribution in [2.24, 2.45) is 0 Å². The number of benzene rings is 2. The molecule has 3 aromatic carbocycles. The Morgan fingerprint density at radius 3 is 1.47 bits per heavy atom. The summed E-state index contributed by atoms with van der Waals surface area (Å²) in [5, 5.41) is 5.48. The molecule has 0 nitrogen and oxygen atoms in total. The second kappa shape index (κ2) is 13.4. The molecule has 3 aromatic rings. The number of allylic oxidation sites excluding steroid dienone is 4. The molecule has 1 aliphatic rings. The summed E-state index contributed by atoms with van der Waals surface area (Å²) < 4.78 is 0. The van der Waals surface area contributed by atoms with Gasteiger partial charge >= 0.3 is 41.6 Å². The maximum atomic E-state index is 2.99. The summed E-state index contributed by atoms with van der Waals surface area (Å²) in [6, 6.07) is 16.2. The summed E-state index contributed by atoms with van der Waals surface area (Å²) >= 11 is 1.45. The van der Waals surface area contributed by atoms with Gasteiger partial charge in [-0.1, -0.05) is 76.9 Å². The Labute approximate surface area is 223 Å². The molecule has 0 saturated heterocycles. The van der Waals surface area contributed by atoms with E-state index in [-0.39, 0.29) is 41.1 Å². The van der Waals surface area contributed by atoms with Gasteiger partial charge in [-0.25, -0.2) is 12.2 Å². The van der Waals surface area contributed by atoms with E-state index in [2.05, 4.69) is 109 Å². The van der Waals surface area contributed by atoms with Gasteiger partial charge in [-0.05, 0) is 10.8 Å². The second-order valence-electron chi connectivity index (χ2n) is 10.3. The predicted octanol–water partition coefficient (Wildman–Crippen LogP) is 2.40. The zero-order valence-electron chi connectivity index (χ0n) is 20.7. The summed E-state index contributed by atoms with van der Waals surface area (Å²) in [5.74, 6) is 0. The maximum absolute atomic E-state index is 2.99.